The van der Waals surface area contributed by atoms with Crippen LogP contribution in [0.4, 0.5) is 0 Å². The average Bonchev–Trinajstić information content (AvgIpc) is 2.39. The molecule has 5 heteroatoms. The third-order valence-electron chi connectivity index (χ3n) is 3.87. The molecule has 0 heterocycles. The first-order chi connectivity index (χ1) is 9.04. The fourth-order valence-corrected chi connectivity index (χ4v) is 4.64. The molecule has 19 heavy (non-hydrogen) atoms. The number of hydrogen-bond donors (Lipinski definition) is 1. The van der Waals surface area contributed by atoms with Crippen LogP contribution in [-0.2, 0) is 10.0 Å². The Morgan fingerprint density at radius 3 is 2.63 bits per heavy atom. The highest BCUT2D eigenvalue weighted by Crippen LogP contribution is 2.29. The van der Waals surface area contributed by atoms with Crippen molar-refractivity contribution in [3.8, 4) is 0 Å². The molecule has 0 unspecified atom stereocenters. The number of hydrogen-bond acceptors (Lipinski definition) is 2. The van der Waals surface area contributed by atoms with Crippen LogP contribution in [-0.4, -0.2) is 14.5 Å². The van der Waals surface area contributed by atoms with Crippen LogP contribution in [0.25, 0.3) is 0 Å². The largest absolute Gasteiger partial charge is 0.242 e. The lowest BCUT2D eigenvalue weighted by Crippen LogP contribution is -2.41. The van der Waals surface area contributed by atoms with Crippen molar-refractivity contribution in [1.29, 1.82) is 0 Å². The molecule has 1 aromatic carbocycles. The van der Waals surface area contributed by atoms with Gasteiger partial charge in [-0.15, -0.1) is 0 Å². The minimum atomic E-state index is -3.52. The Morgan fingerprint density at radius 2 is 1.95 bits per heavy atom. The molecule has 106 valence electrons. The van der Waals surface area contributed by atoms with Gasteiger partial charge in [-0.2, -0.15) is 0 Å². The van der Waals surface area contributed by atoms with Crippen LogP contribution in [0.2, 0.25) is 5.02 Å². The normalized spacial score (nSPS) is 24.3. The van der Waals surface area contributed by atoms with Crippen LogP contribution in [0.3, 0.4) is 0 Å². The fraction of sp³-hybridized carbons (Fsp3) is 0.571. The van der Waals surface area contributed by atoms with Gasteiger partial charge in [-0.25, -0.2) is 13.1 Å². The van der Waals surface area contributed by atoms with Gasteiger partial charge >= 0.3 is 0 Å². The lowest BCUT2D eigenvalue weighted by atomic mass is 9.83. The predicted molar refractivity (Wildman–Crippen MR) is 77.8 cm³/mol. The minimum Gasteiger partial charge on any atom is -0.208 e. The van der Waals surface area contributed by atoms with Gasteiger partial charge in [0.05, 0.1) is 5.02 Å². The fourth-order valence-electron chi connectivity index (χ4n) is 2.78. The molecule has 1 aromatic rings. The topological polar surface area (TPSA) is 46.2 Å². The second-order valence-corrected chi connectivity index (χ2v) is 7.20. The van der Waals surface area contributed by atoms with Crippen molar-refractivity contribution in [2.75, 3.05) is 0 Å². The van der Waals surface area contributed by atoms with Crippen molar-refractivity contribution >= 4 is 21.6 Å². The van der Waals surface area contributed by atoms with Crippen molar-refractivity contribution in [3.63, 3.8) is 0 Å². The molecule has 1 aliphatic rings. The van der Waals surface area contributed by atoms with Crippen molar-refractivity contribution in [2.45, 2.75) is 50.0 Å². The Kier molecular flexibility index (Phi) is 4.87. The van der Waals surface area contributed by atoms with Crippen LogP contribution >= 0.6 is 11.6 Å². The summed E-state index contributed by atoms with van der Waals surface area (Å²) in [7, 11) is -3.52. The lowest BCUT2D eigenvalue weighted by Gasteiger charge is -2.31. The summed E-state index contributed by atoms with van der Waals surface area (Å²) in [6.45, 7) is 2.12. The Hall–Kier alpha value is -0.580. The average molecular weight is 302 g/mol. The maximum Gasteiger partial charge on any atom is 0.242 e. The molecule has 1 saturated carbocycles. The first-order valence-corrected chi connectivity index (χ1v) is 8.67. The summed E-state index contributed by atoms with van der Waals surface area (Å²) in [4.78, 5) is 0.178. The Morgan fingerprint density at radius 1 is 1.26 bits per heavy atom. The summed E-state index contributed by atoms with van der Waals surface area (Å²) < 4.78 is 27.6. The molecular formula is C14H20ClNO2S. The molecule has 2 rings (SSSR count). The molecular weight excluding hydrogens is 282 g/mol. The predicted octanol–water partition coefficient (Wildman–Crippen LogP) is 3.59. The van der Waals surface area contributed by atoms with Gasteiger partial charge in [0.1, 0.15) is 4.90 Å². The molecule has 0 aromatic heterocycles. The van der Waals surface area contributed by atoms with E-state index in [1.54, 1.807) is 24.3 Å². The zero-order valence-electron chi connectivity index (χ0n) is 11.1. The Labute approximate surface area is 120 Å². The number of rotatable bonds is 4. The van der Waals surface area contributed by atoms with E-state index in [0.29, 0.717) is 5.92 Å². The summed E-state index contributed by atoms with van der Waals surface area (Å²) in [6.07, 6.45) is 5.32. The first kappa shape index (κ1) is 14.8. The maximum atomic E-state index is 12.4. The van der Waals surface area contributed by atoms with Crippen LogP contribution in [0.1, 0.15) is 39.0 Å². The lowest BCUT2D eigenvalue weighted by molar-refractivity contribution is 0.282. The van der Waals surface area contributed by atoms with Crippen LogP contribution < -0.4 is 4.72 Å². The molecule has 0 radical (unpaired) electrons. The van der Waals surface area contributed by atoms with Crippen LogP contribution in [0.5, 0.6) is 0 Å². The molecule has 0 bridgehead atoms. The first-order valence-electron chi connectivity index (χ1n) is 6.81. The van der Waals surface area contributed by atoms with Crippen LogP contribution in [0, 0.1) is 5.92 Å². The summed E-state index contributed by atoms with van der Waals surface area (Å²) in [6, 6.07) is 6.62. The standard InChI is InChI=1S/C14H20ClNO2S/c1-2-11-7-3-5-9-13(11)16-19(17,18)14-10-6-4-8-12(14)15/h4,6,8,10-11,13,16H,2-3,5,7,9H2,1H3/t11-,13-/m1/s1. The van der Waals surface area contributed by atoms with E-state index in [9.17, 15) is 8.42 Å². The quantitative estimate of drug-likeness (QED) is 0.924. The van der Waals surface area contributed by atoms with E-state index in [-0.39, 0.29) is 16.0 Å². The van der Waals surface area contributed by atoms with E-state index in [2.05, 4.69) is 11.6 Å². The van der Waals surface area contributed by atoms with Gasteiger partial charge in [-0.1, -0.05) is 49.9 Å². The summed E-state index contributed by atoms with van der Waals surface area (Å²) in [5.41, 5.74) is 0. The summed E-state index contributed by atoms with van der Waals surface area (Å²) in [5, 5.41) is 0.277. The SMILES string of the molecule is CC[C@@H]1CCCC[C@H]1NS(=O)(=O)c1ccccc1Cl. The molecule has 2 atom stereocenters. The highest BCUT2D eigenvalue weighted by Gasteiger charge is 2.29. The molecule has 1 fully saturated rings. The molecule has 1 N–H and O–H groups in total. The molecule has 0 amide bonds. The Bertz CT molecular complexity index is 530. The van der Waals surface area contributed by atoms with Crippen molar-refractivity contribution in [1.82, 2.24) is 4.72 Å². The monoisotopic (exact) mass is 301 g/mol. The highest BCUT2D eigenvalue weighted by molar-refractivity contribution is 7.89. The van der Waals surface area contributed by atoms with Gasteiger partial charge < -0.3 is 0 Å². The maximum absolute atomic E-state index is 12.4. The molecule has 0 aliphatic heterocycles. The van der Waals surface area contributed by atoms with Gasteiger partial charge in [-0.05, 0) is 30.9 Å². The number of sulfonamides is 1. The third-order valence-corrected chi connectivity index (χ3v) is 5.86. The van der Waals surface area contributed by atoms with Crippen molar-refractivity contribution < 1.29 is 8.42 Å². The smallest absolute Gasteiger partial charge is 0.208 e. The summed E-state index contributed by atoms with van der Waals surface area (Å²) >= 11 is 5.98. The van der Waals surface area contributed by atoms with E-state index >= 15 is 0 Å². The van der Waals surface area contributed by atoms with Crippen molar-refractivity contribution in [3.05, 3.63) is 29.3 Å². The van der Waals surface area contributed by atoms with Gasteiger partial charge in [-0.3, -0.25) is 0 Å². The zero-order valence-corrected chi connectivity index (χ0v) is 12.7. The Balaban J connectivity index is 2.19. The number of halogens is 1. The number of benzene rings is 1. The van der Waals surface area contributed by atoms with Gasteiger partial charge in [0.25, 0.3) is 0 Å². The van der Waals surface area contributed by atoms with Crippen LogP contribution in [0.15, 0.2) is 29.2 Å². The molecule has 0 saturated heterocycles. The highest BCUT2D eigenvalue weighted by atomic mass is 35.5. The second-order valence-electron chi connectivity index (χ2n) is 5.11. The van der Waals surface area contributed by atoms with Gasteiger partial charge in [0.2, 0.25) is 10.0 Å². The van der Waals surface area contributed by atoms with Gasteiger partial charge in [0, 0.05) is 6.04 Å². The molecule has 1 aliphatic carbocycles. The van der Waals surface area contributed by atoms with E-state index < -0.39 is 10.0 Å². The van der Waals surface area contributed by atoms with E-state index in [1.165, 1.54) is 6.42 Å². The van der Waals surface area contributed by atoms with Crippen molar-refractivity contribution in [2.24, 2.45) is 5.92 Å². The van der Waals surface area contributed by atoms with Gasteiger partial charge in [0.15, 0.2) is 0 Å². The minimum absolute atomic E-state index is 0.0417. The number of nitrogens with one attached hydrogen (secondary N) is 1. The van der Waals surface area contributed by atoms with E-state index in [0.717, 1.165) is 25.7 Å². The molecule has 0 spiro atoms. The molecule has 3 nitrogen and oxygen atoms in total. The van der Waals surface area contributed by atoms with E-state index in [4.69, 9.17) is 11.6 Å². The van der Waals surface area contributed by atoms with E-state index in [1.807, 2.05) is 0 Å². The summed E-state index contributed by atoms with van der Waals surface area (Å²) in [5.74, 6) is 0.436. The second kappa shape index (κ2) is 6.25. The third kappa shape index (κ3) is 3.50. The zero-order chi connectivity index (χ0) is 13.9.